The zero-order valence-corrected chi connectivity index (χ0v) is 10.4. The zero-order chi connectivity index (χ0) is 12.2. The maximum atomic E-state index is 5.35. The first-order valence-corrected chi connectivity index (χ1v) is 6.50. The number of nitrogens with zero attached hydrogens (tertiary/aromatic N) is 3. The van der Waals surface area contributed by atoms with Gasteiger partial charge < -0.3 is 10.1 Å². The highest BCUT2D eigenvalue weighted by atomic mass is 16.5. The maximum Gasteiger partial charge on any atom is 0.113 e. The van der Waals surface area contributed by atoms with Gasteiger partial charge in [-0.2, -0.15) is 0 Å². The van der Waals surface area contributed by atoms with Gasteiger partial charge in [-0.25, -0.2) is 4.68 Å². The molecule has 0 aliphatic carbocycles. The third kappa shape index (κ3) is 2.52. The molecule has 18 heavy (non-hydrogen) atoms. The van der Waals surface area contributed by atoms with Crippen molar-refractivity contribution in [3.8, 4) is 0 Å². The number of aromatic nitrogens is 3. The van der Waals surface area contributed by atoms with Crippen molar-refractivity contribution >= 4 is 11.0 Å². The minimum absolute atomic E-state index is 0.678. The lowest BCUT2D eigenvalue weighted by molar-refractivity contribution is 0.185. The van der Waals surface area contributed by atoms with Crippen molar-refractivity contribution in [1.82, 2.24) is 20.3 Å². The van der Waals surface area contributed by atoms with Gasteiger partial charge in [-0.3, -0.25) is 0 Å². The second kappa shape index (κ2) is 5.46. The Hall–Kier alpha value is -1.46. The second-order valence-corrected chi connectivity index (χ2v) is 4.74. The monoisotopic (exact) mass is 246 g/mol. The van der Waals surface area contributed by atoms with Crippen LogP contribution >= 0.6 is 0 Å². The summed E-state index contributed by atoms with van der Waals surface area (Å²) in [5.74, 6) is 0.678. The first kappa shape index (κ1) is 11.6. The molecule has 0 bridgehead atoms. The molecular formula is C13H18N4O. The van der Waals surface area contributed by atoms with Crippen LogP contribution in [0.25, 0.3) is 11.0 Å². The molecule has 2 heterocycles. The number of nitrogens with one attached hydrogen (secondary N) is 1. The molecule has 1 N–H and O–H groups in total. The van der Waals surface area contributed by atoms with Gasteiger partial charge in [-0.1, -0.05) is 17.3 Å². The predicted octanol–water partition coefficient (Wildman–Crippen LogP) is 1.06. The van der Waals surface area contributed by atoms with E-state index in [1.807, 2.05) is 22.9 Å². The van der Waals surface area contributed by atoms with Crippen molar-refractivity contribution in [1.29, 1.82) is 0 Å². The lowest BCUT2D eigenvalue weighted by Crippen LogP contribution is -2.26. The van der Waals surface area contributed by atoms with Gasteiger partial charge in [0.05, 0.1) is 18.7 Å². The average molecular weight is 246 g/mol. The first-order chi connectivity index (χ1) is 8.93. The highest BCUT2D eigenvalue weighted by molar-refractivity contribution is 5.73. The largest absolute Gasteiger partial charge is 0.381 e. The molecule has 3 rings (SSSR count). The SMILES string of the molecule is c1ccc2c(c1)nnn2CCNCC1CCOC1. The standard InChI is InChI=1S/C13H18N4O/c1-2-4-13-12(3-1)15-16-17(13)7-6-14-9-11-5-8-18-10-11/h1-4,11,14H,5-10H2. The predicted molar refractivity (Wildman–Crippen MR) is 69.3 cm³/mol. The minimum Gasteiger partial charge on any atom is -0.381 e. The van der Waals surface area contributed by atoms with Crippen molar-refractivity contribution in [2.24, 2.45) is 5.92 Å². The molecule has 5 heteroatoms. The van der Waals surface area contributed by atoms with Gasteiger partial charge in [0, 0.05) is 19.7 Å². The molecule has 1 saturated heterocycles. The van der Waals surface area contributed by atoms with Crippen LogP contribution in [0.3, 0.4) is 0 Å². The summed E-state index contributed by atoms with van der Waals surface area (Å²) < 4.78 is 7.30. The molecule has 1 unspecified atom stereocenters. The number of rotatable bonds is 5. The van der Waals surface area contributed by atoms with Crippen LogP contribution in [0, 0.1) is 5.92 Å². The third-order valence-electron chi connectivity index (χ3n) is 3.38. The van der Waals surface area contributed by atoms with Gasteiger partial charge in [0.25, 0.3) is 0 Å². The van der Waals surface area contributed by atoms with E-state index in [4.69, 9.17) is 4.74 Å². The van der Waals surface area contributed by atoms with Gasteiger partial charge in [0.2, 0.25) is 0 Å². The van der Waals surface area contributed by atoms with Crippen molar-refractivity contribution in [3.05, 3.63) is 24.3 Å². The van der Waals surface area contributed by atoms with Gasteiger partial charge in [0.15, 0.2) is 0 Å². The van der Waals surface area contributed by atoms with E-state index < -0.39 is 0 Å². The molecule has 0 radical (unpaired) electrons. The molecule has 2 aromatic rings. The van der Waals surface area contributed by atoms with Crippen LogP contribution in [0.4, 0.5) is 0 Å². The fourth-order valence-corrected chi connectivity index (χ4v) is 2.32. The molecular weight excluding hydrogens is 228 g/mol. The third-order valence-corrected chi connectivity index (χ3v) is 3.38. The zero-order valence-electron chi connectivity index (χ0n) is 10.4. The van der Waals surface area contributed by atoms with Crippen molar-refractivity contribution in [2.45, 2.75) is 13.0 Å². The number of fused-ring (bicyclic) bond motifs is 1. The van der Waals surface area contributed by atoms with E-state index in [9.17, 15) is 0 Å². The molecule has 1 atom stereocenters. The highest BCUT2D eigenvalue weighted by Gasteiger charge is 2.14. The Labute approximate surface area is 106 Å². The van der Waals surface area contributed by atoms with E-state index in [1.54, 1.807) is 0 Å². The Kier molecular flexibility index (Phi) is 3.52. The molecule has 5 nitrogen and oxygen atoms in total. The number of hydrogen-bond acceptors (Lipinski definition) is 4. The molecule has 0 saturated carbocycles. The number of para-hydroxylation sites is 1. The maximum absolute atomic E-state index is 5.35. The van der Waals surface area contributed by atoms with Crippen LogP contribution in [0.5, 0.6) is 0 Å². The summed E-state index contributed by atoms with van der Waals surface area (Å²) in [6.07, 6.45) is 1.18. The molecule has 1 fully saturated rings. The summed E-state index contributed by atoms with van der Waals surface area (Å²) in [5.41, 5.74) is 2.06. The quantitative estimate of drug-likeness (QED) is 0.801. The Balaban J connectivity index is 1.50. The van der Waals surface area contributed by atoms with Crippen LogP contribution in [-0.2, 0) is 11.3 Å². The lowest BCUT2D eigenvalue weighted by Gasteiger charge is -2.09. The second-order valence-electron chi connectivity index (χ2n) is 4.74. The van der Waals surface area contributed by atoms with E-state index in [0.29, 0.717) is 5.92 Å². The fourth-order valence-electron chi connectivity index (χ4n) is 2.32. The average Bonchev–Trinajstić information content (AvgIpc) is 3.04. The summed E-state index contributed by atoms with van der Waals surface area (Å²) in [6, 6.07) is 8.05. The summed E-state index contributed by atoms with van der Waals surface area (Å²) in [5, 5.41) is 11.8. The van der Waals surface area contributed by atoms with Crippen molar-refractivity contribution in [2.75, 3.05) is 26.3 Å². The van der Waals surface area contributed by atoms with Crippen LogP contribution in [0.15, 0.2) is 24.3 Å². The molecule has 0 amide bonds. The highest BCUT2D eigenvalue weighted by Crippen LogP contribution is 2.11. The smallest absolute Gasteiger partial charge is 0.113 e. The molecule has 1 aliphatic rings. The lowest BCUT2D eigenvalue weighted by atomic mass is 10.1. The Morgan fingerprint density at radius 2 is 2.33 bits per heavy atom. The number of hydrogen-bond donors (Lipinski definition) is 1. The van der Waals surface area contributed by atoms with E-state index in [0.717, 1.165) is 43.9 Å². The normalized spacial score (nSPS) is 19.7. The van der Waals surface area contributed by atoms with Gasteiger partial charge in [-0.05, 0) is 24.5 Å². The van der Waals surface area contributed by atoms with Gasteiger partial charge >= 0.3 is 0 Å². The minimum atomic E-state index is 0.678. The van der Waals surface area contributed by atoms with Gasteiger partial charge in [0.1, 0.15) is 5.52 Å². The van der Waals surface area contributed by atoms with Crippen LogP contribution < -0.4 is 5.32 Å². The summed E-state index contributed by atoms with van der Waals surface area (Å²) in [7, 11) is 0. The van der Waals surface area contributed by atoms with E-state index in [1.165, 1.54) is 6.42 Å². The summed E-state index contributed by atoms with van der Waals surface area (Å²) >= 11 is 0. The van der Waals surface area contributed by atoms with Crippen LogP contribution in [-0.4, -0.2) is 41.3 Å². The van der Waals surface area contributed by atoms with E-state index in [-0.39, 0.29) is 0 Å². The van der Waals surface area contributed by atoms with Gasteiger partial charge in [-0.15, -0.1) is 5.10 Å². The first-order valence-electron chi connectivity index (χ1n) is 6.50. The topological polar surface area (TPSA) is 52.0 Å². The molecule has 96 valence electrons. The van der Waals surface area contributed by atoms with E-state index in [2.05, 4.69) is 21.7 Å². The molecule has 1 aromatic heterocycles. The Morgan fingerprint density at radius 3 is 3.22 bits per heavy atom. The van der Waals surface area contributed by atoms with Crippen LogP contribution in [0.2, 0.25) is 0 Å². The molecule has 1 aromatic carbocycles. The summed E-state index contributed by atoms with van der Waals surface area (Å²) in [4.78, 5) is 0. The van der Waals surface area contributed by atoms with Crippen LogP contribution in [0.1, 0.15) is 6.42 Å². The molecule has 1 aliphatic heterocycles. The Bertz CT molecular complexity index is 504. The number of benzene rings is 1. The number of ether oxygens (including phenoxy) is 1. The molecule has 0 spiro atoms. The van der Waals surface area contributed by atoms with Crippen molar-refractivity contribution in [3.63, 3.8) is 0 Å². The fraction of sp³-hybridized carbons (Fsp3) is 0.538. The summed E-state index contributed by atoms with van der Waals surface area (Å²) in [6.45, 7) is 4.63. The van der Waals surface area contributed by atoms with Crippen molar-refractivity contribution < 1.29 is 4.74 Å². The van der Waals surface area contributed by atoms with E-state index >= 15 is 0 Å². The Morgan fingerprint density at radius 1 is 1.39 bits per heavy atom.